The maximum Gasteiger partial charge on any atom is 0.339 e. The summed E-state index contributed by atoms with van der Waals surface area (Å²) in [4.78, 5) is 32.8. The summed E-state index contributed by atoms with van der Waals surface area (Å²) in [5.41, 5.74) is 4.98. The van der Waals surface area contributed by atoms with Crippen LogP contribution in [-0.4, -0.2) is 47.6 Å². The molecule has 0 heterocycles. The predicted molar refractivity (Wildman–Crippen MR) is 106 cm³/mol. The van der Waals surface area contributed by atoms with Gasteiger partial charge in [0, 0.05) is 6.42 Å². The lowest BCUT2D eigenvalue weighted by molar-refractivity contribution is -0.139. The van der Waals surface area contributed by atoms with Gasteiger partial charge < -0.3 is 21.1 Å². The molecule has 0 radical (unpaired) electrons. The number of carboxylic acid groups (broad SMARTS) is 2. The van der Waals surface area contributed by atoms with Crippen LogP contribution in [0.4, 0.5) is 11.4 Å². The van der Waals surface area contributed by atoms with Crippen molar-refractivity contribution in [2.75, 3.05) is 0 Å². The lowest BCUT2D eigenvalue weighted by Gasteiger charge is -2.14. The number of primary amides is 1. The SMILES string of the molecule is NC(=O)CC[C@@H](NS(=O)(=O)c1ccc(N=Nc2ccc(O)c(C(=O)O)c2)cc1)C(=O)O. The third-order valence-electron chi connectivity index (χ3n) is 3.91. The van der Waals surface area contributed by atoms with Gasteiger partial charge in [0.25, 0.3) is 0 Å². The minimum Gasteiger partial charge on any atom is -0.507 e. The van der Waals surface area contributed by atoms with E-state index in [9.17, 15) is 27.9 Å². The van der Waals surface area contributed by atoms with Crippen molar-refractivity contribution in [2.24, 2.45) is 16.0 Å². The highest BCUT2D eigenvalue weighted by Gasteiger charge is 2.25. The molecule has 164 valence electrons. The van der Waals surface area contributed by atoms with Gasteiger partial charge in [-0.3, -0.25) is 9.59 Å². The number of phenols is 1. The van der Waals surface area contributed by atoms with Crippen LogP contribution in [0.2, 0.25) is 0 Å². The van der Waals surface area contributed by atoms with E-state index in [1.54, 1.807) is 0 Å². The number of sulfonamides is 1. The lowest BCUT2D eigenvalue weighted by atomic mass is 10.2. The molecule has 0 fully saturated rings. The minimum absolute atomic E-state index is 0.146. The number of carbonyl (C=O) groups is 3. The van der Waals surface area contributed by atoms with Crippen molar-refractivity contribution in [3.05, 3.63) is 48.0 Å². The summed E-state index contributed by atoms with van der Waals surface area (Å²) in [5, 5.41) is 35.3. The maximum absolute atomic E-state index is 12.4. The summed E-state index contributed by atoms with van der Waals surface area (Å²) in [6, 6.07) is 7.01. The van der Waals surface area contributed by atoms with Crippen LogP contribution in [0.25, 0.3) is 0 Å². The van der Waals surface area contributed by atoms with E-state index in [-0.39, 0.29) is 34.7 Å². The second-order valence-electron chi connectivity index (χ2n) is 6.22. The summed E-state index contributed by atoms with van der Waals surface area (Å²) < 4.78 is 26.8. The highest BCUT2D eigenvalue weighted by Crippen LogP contribution is 2.25. The molecule has 2 aromatic rings. The van der Waals surface area contributed by atoms with Crippen molar-refractivity contribution in [3.63, 3.8) is 0 Å². The summed E-state index contributed by atoms with van der Waals surface area (Å²) in [6.45, 7) is 0. The first kappa shape index (κ1) is 23.4. The van der Waals surface area contributed by atoms with Gasteiger partial charge in [0.05, 0.1) is 16.3 Å². The van der Waals surface area contributed by atoms with Gasteiger partial charge in [0.2, 0.25) is 15.9 Å². The van der Waals surface area contributed by atoms with Gasteiger partial charge >= 0.3 is 11.9 Å². The Labute approximate surface area is 176 Å². The van der Waals surface area contributed by atoms with Crippen LogP contribution in [0, 0.1) is 0 Å². The summed E-state index contributed by atoms with van der Waals surface area (Å²) in [5.74, 6) is -3.98. The van der Waals surface area contributed by atoms with Crippen LogP contribution in [0.1, 0.15) is 23.2 Å². The smallest absolute Gasteiger partial charge is 0.339 e. The molecule has 2 aromatic carbocycles. The van der Waals surface area contributed by atoms with Gasteiger partial charge in [-0.05, 0) is 48.9 Å². The van der Waals surface area contributed by atoms with Crippen molar-refractivity contribution in [1.29, 1.82) is 0 Å². The van der Waals surface area contributed by atoms with Gasteiger partial charge in [-0.15, -0.1) is 0 Å². The normalized spacial score (nSPS) is 12.5. The standard InChI is InChI=1S/C18H18N4O8S/c19-16(24)8-6-14(18(27)28)22-31(29,30)12-4-1-10(2-5-12)20-21-11-3-7-15(23)13(9-11)17(25)26/h1-5,7,9,14,22-23H,6,8H2,(H2,19,24)(H,25,26)(H,27,28)/t14-/m1/s1. The molecular formula is C18H18N4O8S. The van der Waals surface area contributed by atoms with Crippen molar-refractivity contribution in [1.82, 2.24) is 4.72 Å². The van der Waals surface area contributed by atoms with Gasteiger partial charge in [0.15, 0.2) is 0 Å². The molecule has 6 N–H and O–H groups in total. The molecule has 0 spiro atoms. The number of nitrogens with two attached hydrogens (primary N) is 1. The molecule has 0 unspecified atom stereocenters. The monoisotopic (exact) mass is 450 g/mol. The summed E-state index contributed by atoms with van der Waals surface area (Å²) in [6.07, 6.45) is -0.610. The first-order valence-electron chi connectivity index (χ1n) is 8.61. The lowest BCUT2D eigenvalue weighted by Crippen LogP contribution is -2.41. The molecule has 0 aliphatic rings. The van der Waals surface area contributed by atoms with E-state index in [1.807, 2.05) is 4.72 Å². The maximum atomic E-state index is 12.4. The quantitative estimate of drug-likeness (QED) is 0.334. The van der Waals surface area contributed by atoms with E-state index in [0.717, 1.165) is 12.1 Å². The zero-order valence-corrected chi connectivity index (χ0v) is 16.6. The number of benzene rings is 2. The van der Waals surface area contributed by atoms with Crippen LogP contribution < -0.4 is 10.5 Å². The van der Waals surface area contributed by atoms with E-state index < -0.39 is 39.7 Å². The second-order valence-corrected chi connectivity index (χ2v) is 7.93. The van der Waals surface area contributed by atoms with Gasteiger partial charge in [-0.1, -0.05) is 0 Å². The second kappa shape index (κ2) is 9.77. The third kappa shape index (κ3) is 6.58. The van der Waals surface area contributed by atoms with Crippen molar-refractivity contribution in [3.8, 4) is 5.75 Å². The average molecular weight is 450 g/mol. The molecule has 0 aromatic heterocycles. The molecule has 2 rings (SSSR count). The number of carboxylic acids is 2. The molecule has 0 aliphatic carbocycles. The van der Waals surface area contributed by atoms with E-state index in [0.29, 0.717) is 0 Å². The van der Waals surface area contributed by atoms with Crippen molar-refractivity contribution in [2.45, 2.75) is 23.8 Å². The number of carbonyl (C=O) groups excluding carboxylic acids is 1. The van der Waals surface area contributed by atoms with Gasteiger partial charge in [-0.25, -0.2) is 13.2 Å². The van der Waals surface area contributed by atoms with E-state index in [1.165, 1.54) is 30.3 Å². The Kier molecular flexibility index (Phi) is 7.39. The molecule has 1 atom stereocenters. The number of azo groups is 1. The molecule has 0 aliphatic heterocycles. The Balaban J connectivity index is 2.15. The number of amides is 1. The predicted octanol–water partition coefficient (Wildman–Crippen LogP) is 1.50. The number of hydrogen-bond acceptors (Lipinski definition) is 8. The Hall–Kier alpha value is -3.84. The topological polar surface area (TPSA) is 209 Å². The highest BCUT2D eigenvalue weighted by atomic mass is 32.2. The van der Waals surface area contributed by atoms with Gasteiger partial charge in [0.1, 0.15) is 17.4 Å². The van der Waals surface area contributed by atoms with E-state index in [2.05, 4.69) is 10.2 Å². The van der Waals surface area contributed by atoms with Crippen molar-refractivity contribution < 1.29 is 38.1 Å². The largest absolute Gasteiger partial charge is 0.507 e. The van der Waals surface area contributed by atoms with Crippen LogP contribution in [0.15, 0.2) is 57.6 Å². The van der Waals surface area contributed by atoms with Crippen LogP contribution in [0.5, 0.6) is 5.75 Å². The number of nitrogens with zero attached hydrogens (tertiary/aromatic N) is 2. The molecule has 0 saturated carbocycles. The zero-order valence-electron chi connectivity index (χ0n) is 15.8. The molecular weight excluding hydrogens is 432 g/mol. The Morgan fingerprint density at radius 3 is 2.13 bits per heavy atom. The molecule has 0 bridgehead atoms. The first-order chi connectivity index (χ1) is 14.5. The number of nitrogens with one attached hydrogen (secondary N) is 1. The first-order valence-corrected chi connectivity index (χ1v) is 10.1. The van der Waals surface area contributed by atoms with Crippen LogP contribution in [0.3, 0.4) is 0 Å². The fourth-order valence-electron chi connectivity index (χ4n) is 2.34. The Bertz CT molecular complexity index is 1130. The molecule has 0 saturated heterocycles. The number of aromatic hydroxyl groups is 1. The van der Waals surface area contributed by atoms with E-state index in [4.69, 9.17) is 15.9 Å². The van der Waals surface area contributed by atoms with Crippen LogP contribution >= 0.6 is 0 Å². The number of aliphatic carboxylic acids is 1. The van der Waals surface area contributed by atoms with E-state index >= 15 is 0 Å². The molecule has 13 heteroatoms. The fourth-order valence-corrected chi connectivity index (χ4v) is 3.56. The Morgan fingerprint density at radius 1 is 1.00 bits per heavy atom. The zero-order chi connectivity index (χ0) is 23.2. The molecule has 12 nitrogen and oxygen atoms in total. The molecule has 1 amide bonds. The summed E-state index contributed by atoms with van der Waals surface area (Å²) in [7, 11) is -4.20. The number of hydrogen-bond donors (Lipinski definition) is 5. The third-order valence-corrected chi connectivity index (χ3v) is 5.40. The number of rotatable bonds is 10. The highest BCUT2D eigenvalue weighted by molar-refractivity contribution is 7.89. The fraction of sp³-hybridized carbons (Fsp3) is 0.167. The minimum atomic E-state index is -4.20. The number of aromatic carboxylic acids is 1. The average Bonchev–Trinajstić information content (AvgIpc) is 2.70. The van der Waals surface area contributed by atoms with Crippen LogP contribution in [-0.2, 0) is 19.6 Å². The Morgan fingerprint density at radius 2 is 1.58 bits per heavy atom. The summed E-state index contributed by atoms with van der Waals surface area (Å²) >= 11 is 0. The molecule has 31 heavy (non-hydrogen) atoms. The van der Waals surface area contributed by atoms with Crippen molar-refractivity contribution >= 4 is 39.2 Å². The van der Waals surface area contributed by atoms with Gasteiger partial charge in [-0.2, -0.15) is 15.0 Å².